The zero-order chi connectivity index (χ0) is 19.3. The van der Waals surface area contributed by atoms with Crippen LogP contribution in [0.2, 0.25) is 0 Å². The Morgan fingerprint density at radius 3 is 2.74 bits per heavy atom. The molecule has 1 saturated heterocycles. The first-order valence-corrected chi connectivity index (χ1v) is 11.1. The van der Waals surface area contributed by atoms with Gasteiger partial charge in [0, 0.05) is 24.0 Å². The Morgan fingerprint density at radius 1 is 1.22 bits per heavy atom. The van der Waals surface area contributed by atoms with Gasteiger partial charge in [0.25, 0.3) is 0 Å². The van der Waals surface area contributed by atoms with E-state index < -0.39 is 0 Å². The van der Waals surface area contributed by atoms with Gasteiger partial charge in [-0.05, 0) is 43.2 Å². The minimum absolute atomic E-state index is 0.130. The molecule has 148 valence electrons. The van der Waals surface area contributed by atoms with Crippen molar-refractivity contribution < 1.29 is 14.8 Å². The maximum absolute atomic E-state index is 6.13. The molecule has 0 bridgehead atoms. The predicted molar refractivity (Wildman–Crippen MR) is 113 cm³/mol. The maximum Gasteiger partial charge on any atom is 0.122 e. The van der Waals surface area contributed by atoms with Crippen LogP contribution in [0.4, 0.5) is 0 Å². The highest BCUT2D eigenvalue weighted by Crippen LogP contribution is 2.44. The van der Waals surface area contributed by atoms with E-state index in [1.165, 1.54) is 10.4 Å². The molecule has 1 aliphatic heterocycles. The second kappa shape index (κ2) is 9.22. The first kappa shape index (κ1) is 20.4. The van der Waals surface area contributed by atoms with Gasteiger partial charge in [-0.2, -0.15) is 0 Å². The van der Waals surface area contributed by atoms with Gasteiger partial charge in [0.1, 0.15) is 11.8 Å². The van der Waals surface area contributed by atoms with Gasteiger partial charge in [-0.25, -0.2) is 0 Å². The van der Waals surface area contributed by atoms with E-state index in [1.807, 2.05) is 11.3 Å². The van der Waals surface area contributed by atoms with E-state index in [0.29, 0.717) is 18.1 Å². The molecule has 1 aromatic heterocycles. The lowest BCUT2D eigenvalue weighted by Gasteiger charge is -2.43. The molecule has 4 heteroatoms. The van der Waals surface area contributed by atoms with Crippen molar-refractivity contribution in [1.82, 2.24) is 0 Å². The van der Waals surface area contributed by atoms with Gasteiger partial charge in [0.2, 0.25) is 0 Å². The summed E-state index contributed by atoms with van der Waals surface area (Å²) in [5, 5.41) is 4.66. The minimum Gasteiger partial charge on any atom is -0.496 e. The summed E-state index contributed by atoms with van der Waals surface area (Å²) in [6.07, 6.45) is 3.61. The highest BCUT2D eigenvalue weighted by molar-refractivity contribution is 7.10. The zero-order valence-corrected chi connectivity index (χ0v) is 17.9. The van der Waals surface area contributed by atoms with Crippen molar-refractivity contribution in [2.45, 2.75) is 57.6 Å². The SMILES string of the molecule is COc1ccccc1[C@]1(CC[NH2+][C@@H](C)c2cccs2)CCO[C@H](C(C)C)C1. The van der Waals surface area contributed by atoms with Gasteiger partial charge in [0.05, 0.1) is 24.6 Å². The van der Waals surface area contributed by atoms with E-state index >= 15 is 0 Å². The van der Waals surface area contributed by atoms with Gasteiger partial charge in [-0.3, -0.25) is 0 Å². The second-order valence-electron chi connectivity index (χ2n) is 8.17. The molecule has 2 heterocycles. The number of benzene rings is 1. The highest BCUT2D eigenvalue weighted by atomic mass is 32.1. The van der Waals surface area contributed by atoms with Gasteiger partial charge in [-0.1, -0.05) is 38.1 Å². The number of para-hydroxylation sites is 1. The third-order valence-electron chi connectivity index (χ3n) is 6.06. The van der Waals surface area contributed by atoms with Gasteiger partial charge < -0.3 is 14.8 Å². The lowest BCUT2D eigenvalue weighted by atomic mass is 9.68. The summed E-state index contributed by atoms with van der Waals surface area (Å²) >= 11 is 1.85. The van der Waals surface area contributed by atoms with Crippen molar-refractivity contribution in [3.63, 3.8) is 0 Å². The highest BCUT2D eigenvalue weighted by Gasteiger charge is 2.41. The van der Waals surface area contributed by atoms with Crippen molar-refractivity contribution in [1.29, 1.82) is 0 Å². The summed E-state index contributed by atoms with van der Waals surface area (Å²) in [6.45, 7) is 8.80. The Labute approximate surface area is 168 Å². The largest absolute Gasteiger partial charge is 0.496 e. The van der Waals surface area contributed by atoms with Gasteiger partial charge in [0.15, 0.2) is 0 Å². The zero-order valence-electron chi connectivity index (χ0n) is 17.1. The Balaban J connectivity index is 1.79. The molecule has 0 radical (unpaired) electrons. The maximum atomic E-state index is 6.13. The van der Waals surface area contributed by atoms with Crippen LogP contribution >= 0.6 is 11.3 Å². The van der Waals surface area contributed by atoms with Crippen LogP contribution in [0.15, 0.2) is 41.8 Å². The van der Waals surface area contributed by atoms with Crippen LogP contribution in [0.5, 0.6) is 5.75 Å². The fourth-order valence-corrected chi connectivity index (χ4v) is 5.13. The van der Waals surface area contributed by atoms with Crippen molar-refractivity contribution >= 4 is 11.3 Å². The number of quaternary nitrogens is 1. The number of hydrogen-bond acceptors (Lipinski definition) is 3. The molecule has 1 fully saturated rings. The number of methoxy groups -OCH3 is 1. The number of hydrogen-bond donors (Lipinski definition) is 1. The Bertz CT molecular complexity index is 700. The third kappa shape index (κ3) is 4.74. The first-order valence-electron chi connectivity index (χ1n) is 10.2. The summed E-state index contributed by atoms with van der Waals surface area (Å²) in [5.74, 6) is 1.56. The Morgan fingerprint density at radius 2 is 2.04 bits per heavy atom. The van der Waals surface area contributed by atoms with Crippen LogP contribution in [0.1, 0.15) is 56.5 Å². The average Bonchev–Trinajstić information content (AvgIpc) is 3.23. The van der Waals surface area contributed by atoms with E-state index in [-0.39, 0.29) is 5.41 Å². The lowest BCUT2D eigenvalue weighted by Crippen LogP contribution is -2.85. The van der Waals surface area contributed by atoms with Crippen molar-refractivity contribution in [3.05, 3.63) is 52.2 Å². The van der Waals surface area contributed by atoms with E-state index in [4.69, 9.17) is 9.47 Å². The summed E-state index contributed by atoms with van der Waals surface area (Å²) in [6, 6.07) is 13.5. The first-order chi connectivity index (χ1) is 13.1. The van der Waals surface area contributed by atoms with Crippen LogP contribution in [-0.2, 0) is 10.2 Å². The normalized spacial score (nSPS) is 24.1. The van der Waals surface area contributed by atoms with E-state index in [1.54, 1.807) is 7.11 Å². The molecule has 0 unspecified atom stereocenters. The molecule has 2 N–H and O–H groups in total. The number of nitrogens with two attached hydrogens (primary N) is 1. The molecule has 2 aromatic rings. The fourth-order valence-electron chi connectivity index (χ4n) is 4.35. The standard InChI is InChI=1S/C23H33NO2S/c1-17(2)21-16-23(12-14-26-21,19-8-5-6-9-20(19)25-4)11-13-24-18(3)22-10-7-15-27-22/h5-10,15,17-18,21,24H,11-14,16H2,1-4H3/p+1/t18-,21-,23+/m0/s1. The van der Waals surface area contributed by atoms with Gasteiger partial charge >= 0.3 is 0 Å². The summed E-state index contributed by atoms with van der Waals surface area (Å²) in [5.41, 5.74) is 1.49. The third-order valence-corrected chi connectivity index (χ3v) is 7.13. The van der Waals surface area contributed by atoms with Crippen molar-refractivity contribution in [2.75, 3.05) is 20.3 Å². The van der Waals surface area contributed by atoms with Crippen LogP contribution < -0.4 is 10.1 Å². The molecule has 1 aromatic carbocycles. The fraction of sp³-hybridized carbons (Fsp3) is 0.565. The average molecular weight is 389 g/mol. The van der Waals surface area contributed by atoms with Crippen LogP contribution in [0, 0.1) is 5.92 Å². The summed E-state index contributed by atoms with van der Waals surface area (Å²) in [4.78, 5) is 1.45. The van der Waals surface area contributed by atoms with Crippen LogP contribution in [-0.4, -0.2) is 26.4 Å². The quantitative estimate of drug-likeness (QED) is 0.720. The van der Waals surface area contributed by atoms with Crippen LogP contribution in [0.25, 0.3) is 0 Å². The summed E-state index contributed by atoms with van der Waals surface area (Å²) in [7, 11) is 1.79. The van der Waals surface area contributed by atoms with Crippen molar-refractivity contribution in [2.24, 2.45) is 5.92 Å². The Hall–Kier alpha value is -1.36. The number of ether oxygens (including phenoxy) is 2. The monoisotopic (exact) mass is 388 g/mol. The van der Waals surface area contributed by atoms with Crippen molar-refractivity contribution in [3.8, 4) is 5.75 Å². The van der Waals surface area contributed by atoms with E-state index in [2.05, 4.69) is 67.9 Å². The second-order valence-corrected chi connectivity index (χ2v) is 9.15. The molecule has 27 heavy (non-hydrogen) atoms. The number of rotatable bonds is 8. The van der Waals surface area contributed by atoms with Gasteiger partial charge in [-0.15, -0.1) is 11.3 Å². The molecule has 3 nitrogen and oxygen atoms in total. The molecule has 3 atom stereocenters. The molecule has 0 spiro atoms. The minimum atomic E-state index is 0.130. The molecule has 0 amide bonds. The Kier molecular flexibility index (Phi) is 6.96. The summed E-state index contributed by atoms with van der Waals surface area (Å²) < 4.78 is 11.9. The van der Waals surface area contributed by atoms with E-state index in [0.717, 1.165) is 38.2 Å². The topological polar surface area (TPSA) is 35.1 Å². The lowest BCUT2D eigenvalue weighted by molar-refractivity contribution is -0.693. The molecule has 1 aliphatic rings. The smallest absolute Gasteiger partial charge is 0.122 e. The predicted octanol–water partition coefficient (Wildman–Crippen LogP) is 4.54. The molecular formula is C23H34NO2S+. The van der Waals surface area contributed by atoms with E-state index in [9.17, 15) is 0 Å². The molecular weight excluding hydrogens is 354 g/mol. The van der Waals surface area contributed by atoms with Crippen LogP contribution in [0.3, 0.4) is 0 Å². The molecule has 0 saturated carbocycles. The molecule has 0 aliphatic carbocycles. The number of thiophene rings is 1. The molecule has 3 rings (SSSR count).